The van der Waals surface area contributed by atoms with Gasteiger partial charge in [0.25, 0.3) is 0 Å². The number of allylic oxidation sites excluding steroid dienone is 2. The molecule has 3 rings (SSSR count). The number of carbonyl (C=O) groups excluding carboxylic acids is 1. The van der Waals surface area contributed by atoms with Gasteiger partial charge in [0.15, 0.2) is 5.78 Å². The molecular weight excluding hydrogens is 304 g/mol. The number of ketones is 1. The van der Waals surface area contributed by atoms with Crippen LogP contribution in [0.1, 0.15) is 60.3 Å². The van der Waals surface area contributed by atoms with Crippen LogP contribution in [0.5, 0.6) is 0 Å². The molecule has 0 aromatic heterocycles. The van der Waals surface area contributed by atoms with E-state index >= 15 is 0 Å². The highest BCUT2D eigenvalue weighted by atomic mass is 16.6. The minimum atomic E-state index is -1.28. The Hall–Kier alpha value is -0.970. The zero-order chi connectivity index (χ0) is 17.9. The summed E-state index contributed by atoms with van der Waals surface area (Å²) in [5.74, 6) is -0.299. The summed E-state index contributed by atoms with van der Waals surface area (Å²) in [7, 11) is 0. The van der Waals surface area contributed by atoms with Gasteiger partial charge in [0.2, 0.25) is 0 Å². The lowest BCUT2D eigenvalue weighted by Crippen LogP contribution is -2.57. The summed E-state index contributed by atoms with van der Waals surface area (Å²) in [6, 6.07) is 0. The van der Waals surface area contributed by atoms with Crippen LogP contribution in [0.15, 0.2) is 23.3 Å². The number of ether oxygens (including phenoxy) is 1. The van der Waals surface area contributed by atoms with Gasteiger partial charge in [-0.15, -0.1) is 0 Å². The molecule has 24 heavy (non-hydrogen) atoms. The van der Waals surface area contributed by atoms with Crippen LogP contribution in [0.3, 0.4) is 0 Å². The summed E-state index contributed by atoms with van der Waals surface area (Å²) < 4.78 is 5.73. The lowest BCUT2D eigenvalue weighted by molar-refractivity contribution is -0.131. The van der Waals surface area contributed by atoms with E-state index in [1.807, 2.05) is 20.8 Å². The smallest absolute Gasteiger partial charge is 0.193 e. The third kappa shape index (κ3) is 2.51. The predicted octanol–water partition coefficient (Wildman–Crippen LogP) is 2.93. The molecule has 0 aromatic rings. The normalized spacial score (nSPS) is 51.5. The summed E-state index contributed by atoms with van der Waals surface area (Å²) in [5.41, 5.74) is -0.695. The van der Waals surface area contributed by atoms with Crippen molar-refractivity contribution in [3.8, 4) is 0 Å². The zero-order valence-corrected chi connectivity index (χ0v) is 15.4. The second-order valence-corrected chi connectivity index (χ2v) is 8.61. The van der Waals surface area contributed by atoms with Gasteiger partial charge in [0.1, 0.15) is 11.7 Å². The van der Waals surface area contributed by atoms with E-state index in [9.17, 15) is 15.0 Å². The first-order valence-electron chi connectivity index (χ1n) is 9.03. The van der Waals surface area contributed by atoms with Crippen molar-refractivity contribution in [1.82, 2.24) is 0 Å². The monoisotopic (exact) mass is 334 g/mol. The molecule has 3 aliphatic rings. The third-order valence-electron chi connectivity index (χ3n) is 7.05. The Morgan fingerprint density at radius 3 is 2.58 bits per heavy atom. The molecule has 6 unspecified atom stereocenters. The first kappa shape index (κ1) is 17.8. The number of carbonyl (C=O) groups is 1. The number of aliphatic hydroxyl groups is 2. The first-order valence-corrected chi connectivity index (χ1v) is 9.03. The molecule has 4 heteroatoms. The largest absolute Gasteiger partial charge is 0.389 e. The summed E-state index contributed by atoms with van der Waals surface area (Å²) in [6.45, 7) is 9.75. The van der Waals surface area contributed by atoms with Gasteiger partial charge in [-0.05, 0) is 58.4 Å². The molecule has 2 aliphatic carbocycles. The van der Waals surface area contributed by atoms with Crippen molar-refractivity contribution in [3.63, 3.8) is 0 Å². The average Bonchev–Trinajstić information content (AvgIpc) is 3.18. The molecule has 0 spiro atoms. The Bertz CT molecular complexity index is 617. The number of Topliss-reactive ketones (excluding diaryl/α,β-unsaturated/α-hetero) is 1. The number of hydrogen-bond donors (Lipinski definition) is 2. The Labute approximate surface area is 144 Å². The van der Waals surface area contributed by atoms with E-state index in [2.05, 4.69) is 13.0 Å². The van der Waals surface area contributed by atoms with Crippen LogP contribution < -0.4 is 0 Å². The maximum Gasteiger partial charge on any atom is 0.193 e. The van der Waals surface area contributed by atoms with E-state index in [0.29, 0.717) is 5.57 Å². The Morgan fingerprint density at radius 1 is 1.25 bits per heavy atom. The first-order chi connectivity index (χ1) is 11.0. The molecular formula is C20H30O4. The van der Waals surface area contributed by atoms with Crippen LogP contribution in [0, 0.1) is 11.3 Å². The Morgan fingerprint density at radius 2 is 1.92 bits per heavy atom. The van der Waals surface area contributed by atoms with E-state index in [0.717, 1.165) is 25.7 Å². The maximum atomic E-state index is 13.0. The lowest BCUT2D eigenvalue weighted by atomic mass is 9.55. The predicted molar refractivity (Wildman–Crippen MR) is 92.5 cm³/mol. The van der Waals surface area contributed by atoms with Gasteiger partial charge in [-0.25, -0.2) is 0 Å². The molecule has 134 valence electrons. The van der Waals surface area contributed by atoms with Crippen molar-refractivity contribution < 1.29 is 19.7 Å². The molecule has 4 nitrogen and oxygen atoms in total. The van der Waals surface area contributed by atoms with Gasteiger partial charge in [-0.2, -0.15) is 0 Å². The SMILES string of the molecule is C/C1=C/CCC2(C)OC2C(=O)C2=CC(O)C(C)C(C)(CC1)C2(C)O. The van der Waals surface area contributed by atoms with Gasteiger partial charge in [0, 0.05) is 11.0 Å². The molecule has 1 aliphatic heterocycles. The molecule has 1 heterocycles. The summed E-state index contributed by atoms with van der Waals surface area (Å²) in [6.07, 6.45) is 5.82. The summed E-state index contributed by atoms with van der Waals surface area (Å²) >= 11 is 0. The van der Waals surface area contributed by atoms with E-state index in [-0.39, 0.29) is 11.7 Å². The molecule has 6 atom stereocenters. The second kappa shape index (κ2) is 5.52. The second-order valence-electron chi connectivity index (χ2n) is 8.61. The third-order valence-corrected chi connectivity index (χ3v) is 7.05. The molecule has 0 aromatic carbocycles. The molecule has 0 saturated carbocycles. The van der Waals surface area contributed by atoms with Crippen molar-refractivity contribution in [2.75, 3.05) is 0 Å². The topological polar surface area (TPSA) is 70.1 Å². The van der Waals surface area contributed by atoms with Gasteiger partial charge in [-0.3, -0.25) is 4.79 Å². The van der Waals surface area contributed by atoms with Crippen molar-refractivity contribution in [3.05, 3.63) is 23.3 Å². The van der Waals surface area contributed by atoms with Gasteiger partial charge in [0.05, 0.1) is 11.7 Å². The minimum Gasteiger partial charge on any atom is -0.389 e. The Balaban J connectivity index is 2.08. The molecule has 2 bridgehead atoms. The average molecular weight is 334 g/mol. The highest BCUT2D eigenvalue weighted by Gasteiger charge is 2.62. The summed E-state index contributed by atoms with van der Waals surface area (Å²) in [5, 5.41) is 21.9. The molecule has 1 saturated heterocycles. The molecule has 0 radical (unpaired) electrons. The van der Waals surface area contributed by atoms with Crippen LogP contribution in [0.25, 0.3) is 0 Å². The fourth-order valence-electron chi connectivity index (χ4n) is 4.46. The van der Waals surface area contributed by atoms with Crippen LogP contribution in [0.2, 0.25) is 0 Å². The van der Waals surface area contributed by atoms with Crippen LogP contribution in [0.4, 0.5) is 0 Å². The van der Waals surface area contributed by atoms with Crippen molar-refractivity contribution in [1.29, 1.82) is 0 Å². The number of aliphatic hydroxyl groups excluding tert-OH is 1. The lowest BCUT2D eigenvalue weighted by Gasteiger charge is -2.52. The van der Waals surface area contributed by atoms with E-state index in [4.69, 9.17) is 4.74 Å². The van der Waals surface area contributed by atoms with Gasteiger partial charge in [-0.1, -0.05) is 25.5 Å². The highest BCUT2D eigenvalue weighted by Crippen LogP contribution is 2.54. The molecule has 1 fully saturated rings. The standard InChI is InChI=1S/C20H30O4/c1-12-7-6-9-19(4)17(24-19)16(22)14-11-15(21)13(2)18(3,10-8-12)20(14,5)23/h7,11,13,15,17,21,23H,6,8-10H2,1-5H3/b12-7-. The number of fused-ring (bicyclic) bond motifs is 3. The van der Waals surface area contributed by atoms with Crippen LogP contribution in [-0.4, -0.2) is 39.4 Å². The number of epoxide rings is 1. The fraction of sp³-hybridized carbons (Fsp3) is 0.750. The van der Waals surface area contributed by atoms with E-state index < -0.39 is 28.8 Å². The van der Waals surface area contributed by atoms with Crippen molar-refractivity contribution in [2.45, 2.75) is 83.7 Å². The highest BCUT2D eigenvalue weighted by molar-refractivity contribution is 6.03. The Kier molecular flexibility index (Phi) is 4.10. The van der Waals surface area contributed by atoms with Crippen LogP contribution in [-0.2, 0) is 9.53 Å². The fourth-order valence-corrected chi connectivity index (χ4v) is 4.46. The van der Waals surface area contributed by atoms with Crippen molar-refractivity contribution >= 4 is 5.78 Å². The molecule has 0 amide bonds. The number of rotatable bonds is 0. The van der Waals surface area contributed by atoms with Gasteiger partial charge < -0.3 is 14.9 Å². The molecule has 2 N–H and O–H groups in total. The van der Waals surface area contributed by atoms with E-state index in [1.54, 1.807) is 13.0 Å². The zero-order valence-electron chi connectivity index (χ0n) is 15.4. The van der Waals surface area contributed by atoms with Crippen molar-refractivity contribution in [2.24, 2.45) is 11.3 Å². The number of hydrogen-bond acceptors (Lipinski definition) is 4. The summed E-state index contributed by atoms with van der Waals surface area (Å²) in [4.78, 5) is 13.0. The quantitative estimate of drug-likeness (QED) is 0.528. The maximum absolute atomic E-state index is 13.0. The van der Waals surface area contributed by atoms with Gasteiger partial charge >= 0.3 is 0 Å². The van der Waals surface area contributed by atoms with Crippen LogP contribution >= 0.6 is 0 Å². The minimum absolute atomic E-state index is 0.133. The van der Waals surface area contributed by atoms with E-state index in [1.165, 1.54) is 5.57 Å².